The van der Waals surface area contributed by atoms with Crippen LogP contribution in [0.15, 0.2) is 54.9 Å². The Kier molecular flexibility index (Phi) is 6.97. The summed E-state index contributed by atoms with van der Waals surface area (Å²) in [5.74, 6) is 0.449. The van der Waals surface area contributed by atoms with Crippen LogP contribution in [0.2, 0.25) is 0 Å². The highest BCUT2D eigenvalue weighted by Gasteiger charge is 2.20. The van der Waals surface area contributed by atoms with Crippen LogP contribution in [0, 0.1) is 0 Å². The smallest absolute Gasteiger partial charge is 0.340 e. The van der Waals surface area contributed by atoms with Gasteiger partial charge in [0.15, 0.2) is 0 Å². The van der Waals surface area contributed by atoms with Crippen LogP contribution in [0.25, 0.3) is 11.3 Å². The molecule has 1 aromatic heterocycles. The van der Waals surface area contributed by atoms with Gasteiger partial charge in [-0.25, -0.2) is 14.8 Å². The average molecular weight is 434 g/mol. The van der Waals surface area contributed by atoms with E-state index in [1.807, 2.05) is 55.5 Å². The number of carbonyl (C=O) groups excluding carboxylic acids is 1. The minimum atomic E-state index is -0.312. The molecule has 0 N–H and O–H groups in total. The summed E-state index contributed by atoms with van der Waals surface area (Å²) >= 11 is 0. The maximum atomic E-state index is 12.7. The van der Waals surface area contributed by atoms with Crippen molar-refractivity contribution >= 4 is 11.7 Å². The molecule has 0 unspecified atom stereocenters. The Labute approximate surface area is 188 Å². The SMILES string of the molecule is CCOC(=O)c1cc(Cc2cc(-c3ccccc3OC)ncn2)ccc1N1CCOCC1. The van der Waals surface area contributed by atoms with Gasteiger partial charge >= 0.3 is 5.97 Å². The van der Waals surface area contributed by atoms with Crippen LogP contribution in [0.5, 0.6) is 5.75 Å². The molecule has 0 atom stereocenters. The van der Waals surface area contributed by atoms with Crippen LogP contribution in [-0.2, 0) is 15.9 Å². The van der Waals surface area contributed by atoms with Crippen molar-refractivity contribution in [3.8, 4) is 17.0 Å². The second kappa shape index (κ2) is 10.2. The molecule has 3 aromatic rings. The molecule has 1 aliphatic rings. The van der Waals surface area contributed by atoms with E-state index in [-0.39, 0.29) is 5.97 Å². The van der Waals surface area contributed by atoms with E-state index in [9.17, 15) is 4.79 Å². The lowest BCUT2D eigenvalue weighted by Crippen LogP contribution is -2.37. The molecule has 4 rings (SSSR count). The van der Waals surface area contributed by atoms with Crippen molar-refractivity contribution in [2.24, 2.45) is 0 Å². The van der Waals surface area contributed by atoms with Gasteiger partial charge in [0.1, 0.15) is 12.1 Å². The minimum Gasteiger partial charge on any atom is -0.496 e. The van der Waals surface area contributed by atoms with E-state index in [4.69, 9.17) is 14.2 Å². The van der Waals surface area contributed by atoms with Gasteiger partial charge in [0.25, 0.3) is 0 Å². The number of ether oxygens (including phenoxy) is 3. The van der Waals surface area contributed by atoms with Crippen LogP contribution in [0.3, 0.4) is 0 Å². The van der Waals surface area contributed by atoms with Crippen molar-refractivity contribution in [2.75, 3.05) is 44.9 Å². The summed E-state index contributed by atoms with van der Waals surface area (Å²) in [6.07, 6.45) is 2.13. The molecule has 2 aromatic carbocycles. The van der Waals surface area contributed by atoms with E-state index in [2.05, 4.69) is 14.9 Å². The summed E-state index contributed by atoms with van der Waals surface area (Å²) in [5, 5.41) is 0. The number of methoxy groups -OCH3 is 1. The summed E-state index contributed by atoms with van der Waals surface area (Å²) in [7, 11) is 1.65. The summed E-state index contributed by atoms with van der Waals surface area (Å²) in [6.45, 7) is 4.95. The lowest BCUT2D eigenvalue weighted by Gasteiger charge is -2.30. The van der Waals surface area contributed by atoms with Crippen molar-refractivity contribution in [1.82, 2.24) is 9.97 Å². The predicted molar refractivity (Wildman–Crippen MR) is 122 cm³/mol. The second-order valence-electron chi connectivity index (χ2n) is 7.44. The summed E-state index contributed by atoms with van der Waals surface area (Å²) in [5.41, 5.74) is 5.00. The standard InChI is InChI=1S/C25H27N3O4/c1-3-32-25(29)21-15-18(8-9-23(21)28-10-12-31-13-11-28)14-19-16-22(27-17-26-19)20-6-4-5-7-24(20)30-2/h4-9,15-17H,3,10-14H2,1-2H3. The summed E-state index contributed by atoms with van der Waals surface area (Å²) in [6, 6.07) is 15.7. The average Bonchev–Trinajstić information content (AvgIpc) is 2.85. The maximum Gasteiger partial charge on any atom is 0.340 e. The van der Waals surface area contributed by atoms with E-state index in [1.54, 1.807) is 13.4 Å². The largest absolute Gasteiger partial charge is 0.496 e. The number of nitrogens with zero attached hydrogens (tertiary/aromatic N) is 3. The van der Waals surface area contributed by atoms with E-state index >= 15 is 0 Å². The fourth-order valence-corrected chi connectivity index (χ4v) is 3.85. The Morgan fingerprint density at radius 1 is 1.09 bits per heavy atom. The normalized spacial score (nSPS) is 13.6. The Bertz CT molecular complexity index is 1080. The molecule has 2 heterocycles. The van der Waals surface area contributed by atoms with Gasteiger partial charge in [0.2, 0.25) is 0 Å². The number of rotatable bonds is 7. The van der Waals surface area contributed by atoms with Crippen LogP contribution in [-0.4, -0.2) is 56.0 Å². The first kappa shape index (κ1) is 21.8. The summed E-state index contributed by atoms with van der Waals surface area (Å²) in [4.78, 5) is 23.7. The van der Waals surface area contributed by atoms with Gasteiger partial charge in [-0.05, 0) is 42.8 Å². The zero-order chi connectivity index (χ0) is 22.3. The summed E-state index contributed by atoms with van der Waals surface area (Å²) < 4.78 is 16.3. The van der Waals surface area contributed by atoms with Crippen molar-refractivity contribution in [1.29, 1.82) is 0 Å². The lowest BCUT2D eigenvalue weighted by atomic mass is 10.0. The number of aromatic nitrogens is 2. The number of hydrogen-bond acceptors (Lipinski definition) is 7. The third kappa shape index (κ3) is 4.89. The number of benzene rings is 2. The lowest BCUT2D eigenvalue weighted by molar-refractivity contribution is 0.0526. The van der Waals surface area contributed by atoms with Crippen molar-refractivity contribution in [2.45, 2.75) is 13.3 Å². The first-order valence-electron chi connectivity index (χ1n) is 10.8. The fraction of sp³-hybridized carbons (Fsp3) is 0.320. The van der Waals surface area contributed by atoms with Crippen molar-refractivity contribution in [3.63, 3.8) is 0 Å². The fourth-order valence-electron chi connectivity index (χ4n) is 3.85. The van der Waals surface area contributed by atoms with E-state index < -0.39 is 0 Å². The zero-order valence-electron chi connectivity index (χ0n) is 18.4. The van der Waals surface area contributed by atoms with Crippen molar-refractivity contribution < 1.29 is 19.0 Å². The minimum absolute atomic E-state index is 0.312. The third-order valence-corrected chi connectivity index (χ3v) is 5.40. The monoisotopic (exact) mass is 433 g/mol. The molecule has 166 valence electrons. The van der Waals surface area contributed by atoms with Gasteiger partial charge in [-0.2, -0.15) is 0 Å². The van der Waals surface area contributed by atoms with E-state index in [1.165, 1.54) is 0 Å². The van der Waals surface area contributed by atoms with Crippen LogP contribution < -0.4 is 9.64 Å². The molecule has 0 aliphatic carbocycles. The Morgan fingerprint density at radius 2 is 1.91 bits per heavy atom. The molecule has 0 radical (unpaired) electrons. The molecule has 1 fully saturated rings. The molecular formula is C25H27N3O4. The first-order valence-corrected chi connectivity index (χ1v) is 10.8. The predicted octanol–water partition coefficient (Wildman–Crippen LogP) is 3.76. The second-order valence-corrected chi connectivity index (χ2v) is 7.44. The molecule has 0 saturated carbocycles. The Balaban J connectivity index is 1.63. The van der Waals surface area contributed by atoms with Gasteiger partial charge in [-0.3, -0.25) is 0 Å². The Morgan fingerprint density at radius 3 is 2.69 bits per heavy atom. The third-order valence-electron chi connectivity index (χ3n) is 5.40. The zero-order valence-corrected chi connectivity index (χ0v) is 18.4. The van der Waals surface area contributed by atoms with Crippen molar-refractivity contribution in [3.05, 3.63) is 71.7 Å². The molecular weight excluding hydrogens is 406 g/mol. The molecule has 1 saturated heterocycles. The highest BCUT2D eigenvalue weighted by Crippen LogP contribution is 2.29. The molecule has 0 spiro atoms. The van der Waals surface area contributed by atoms with Crippen LogP contribution in [0.4, 0.5) is 5.69 Å². The number of para-hydroxylation sites is 1. The maximum absolute atomic E-state index is 12.7. The highest BCUT2D eigenvalue weighted by molar-refractivity contribution is 5.96. The topological polar surface area (TPSA) is 73.8 Å². The number of anilines is 1. The molecule has 0 bridgehead atoms. The number of esters is 1. The van der Waals surface area contributed by atoms with E-state index in [0.717, 1.165) is 47.0 Å². The molecule has 0 amide bonds. The van der Waals surface area contributed by atoms with Crippen LogP contribution >= 0.6 is 0 Å². The van der Waals surface area contributed by atoms with Gasteiger partial charge in [0.05, 0.1) is 43.9 Å². The van der Waals surface area contributed by atoms with Gasteiger partial charge in [-0.1, -0.05) is 18.2 Å². The van der Waals surface area contributed by atoms with Gasteiger partial charge in [0, 0.05) is 30.8 Å². The highest BCUT2D eigenvalue weighted by atomic mass is 16.5. The van der Waals surface area contributed by atoms with Gasteiger partial charge in [-0.15, -0.1) is 0 Å². The first-order chi connectivity index (χ1) is 15.7. The molecule has 7 heteroatoms. The Hall–Kier alpha value is -3.45. The van der Waals surface area contributed by atoms with Crippen LogP contribution in [0.1, 0.15) is 28.5 Å². The molecule has 7 nitrogen and oxygen atoms in total. The molecule has 1 aliphatic heterocycles. The number of morpholine rings is 1. The quantitative estimate of drug-likeness (QED) is 0.525. The van der Waals surface area contributed by atoms with Gasteiger partial charge < -0.3 is 19.1 Å². The molecule has 32 heavy (non-hydrogen) atoms. The number of hydrogen-bond donors (Lipinski definition) is 0. The number of carbonyl (C=O) groups is 1. The van der Waals surface area contributed by atoms with E-state index in [0.29, 0.717) is 31.8 Å².